The number of aliphatic carboxylic acids is 1. The Morgan fingerprint density at radius 2 is 1.70 bits per heavy atom. The van der Waals surface area contributed by atoms with Gasteiger partial charge < -0.3 is 9.52 Å². The molecule has 27 heavy (non-hydrogen) atoms. The predicted octanol–water partition coefficient (Wildman–Crippen LogP) is 5.40. The van der Waals surface area contributed by atoms with Crippen LogP contribution < -0.4 is 0 Å². The van der Waals surface area contributed by atoms with Crippen LogP contribution in [0.3, 0.4) is 0 Å². The summed E-state index contributed by atoms with van der Waals surface area (Å²) in [7, 11) is 0. The van der Waals surface area contributed by atoms with E-state index >= 15 is 0 Å². The number of rotatable bonds is 7. The van der Waals surface area contributed by atoms with Crippen LogP contribution in [0.25, 0.3) is 0 Å². The topological polar surface area (TPSA) is 50.4 Å². The normalized spacial score (nSPS) is 13.5. The van der Waals surface area contributed by atoms with Gasteiger partial charge in [0.25, 0.3) is 0 Å². The number of carbonyl (C=O) groups is 1. The average molecular weight is 362 g/mol. The van der Waals surface area contributed by atoms with Crippen molar-refractivity contribution in [3.8, 4) is 0 Å². The molecule has 3 rings (SSSR count). The monoisotopic (exact) mass is 362 g/mol. The first-order valence-electron chi connectivity index (χ1n) is 9.32. The maximum atomic E-state index is 12.4. The smallest absolute Gasteiger partial charge is 0.314 e. The molecule has 0 amide bonds. The standard InChI is InChI=1S/C24H26O3/c1-17(2)24(23(25)26,21-11-9-18(3)10-12-21)15-20-14-22(27-16-20)13-19-7-5-4-6-8-19/h4-12,14,16-17H,13,15H2,1-3H3,(H,25,26). The Morgan fingerprint density at radius 3 is 2.30 bits per heavy atom. The number of aryl methyl sites for hydroxylation is 1. The maximum absolute atomic E-state index is 12.4. The molecule has 1 N–H and O–H groups in total. The van der Waals surface area contributed by atoms with E-state index in [2.05, 4.69) is 12.1 Å². The lowest BCUT2D eigenvalue weighted by Crippen LogP contribution is -2.43. The highest BCUT2D eigenvalue weighted by molar-refractivity contribution is 5.82. The molecule has 0 fully saturated rings. The molecule has 140 valence electrons. The van der Waals surface area contributed by atoms with Crippen molar-refractivity contribution < 1.29 is 14.3 Å². The van der Waals surface area contributed by atoms with E-state index in [0.717, 1.165) is 22.5 Å². The molecule has 0 aliphatic rings. The second-order valence-corrected chi connectivity index (χ2v) is 7.56. The Bertz CT molecular complexity index is 891. The lowest BCUT2D eigenvalue weighted by atomic mass is 9.68. The Labute approximate surface area is 160 Å². The molecule has 0 saturated carbocycles. The molecule has 0 bridgehead atoms. The molecule has 0 aliphatic carbocycles. The molecule has 1 unspecified atom stereocenters. The summed E-state index contributed by atoms with van der Waals surface area (Å²) in [5, 5.41) is 10.2. The zero-order valence-electron chi connectivity index (χ0n) is 16.1. The third-order valence-electron chi connectivity index (χ3n) is 5.35. The van der Waals surface area contributed by atoms with Gasteiger partial charge in [0.2, 0.25) is 0 Å². The number of hydrogen-bond donors (Lipinski definition) is 1. The first-order valence-corrected chi connectivity index (χ1v) is 9.32. The van der Waals surface area contributed by atoms with Crippen molar-refractivity contribution in [2.45, 2.75) is 39.0 Å². The number of carboxylic acids is 1. The van der Waals surface area contributed by atoms with E-state index in [9.17, 15) is 9.90 Å². The summed E-state index contributed by atoms with van der Waals surface area (Å²) in [6, 6.07) is 19.9. The van der Waals surface area contributed by atoms with Crippen molar-refractivity contribution in [1.29, 1.82) is 0 Å². The van der Waals surface area contributed by atoms with Crippen LogP contribution in [0, 0.1) is 12.8 Å². The van der Waals surface area contributed by atoms with Gasteiger partial charge in [0, 0.05) is 6.42 Å². The summed E-state index contributed by atoms with van der Waals surface area (Å²) in [5.41, 5.74) is 3.06. The highest BCUT2D eigenvalue weighted by Gasteiger charge is 2.43. The number of hydrogen-bond acceptors (Lipinski definition) is 2. The zero-order valence-corrected chi connectivity index (χ0v) is 16.1. The summed E-state index contributed by atoms with van der Waals surface area (Å²) in [4.78, 5) is 12.4. The highest BCUT2D eigenvalue weighted by Crippen LogP contribution is 2.37. The molecular formula is C24H26O3. The molecule has 2 aromatic carbocycles. The van der Waals surface area contributed by atoms with Gasteiger partial charge >= 0.3 is 5.97 Å². The number of carboxylic acid groups (broad SMARTS) is 1. The Hall–Kier alpha value is -2.81. The molecule has 3 nitrogen and oxygen atoms in total. The summed E-state index contributed by atoms with van der Waals surface area (Å²) in [5.74, 6) is -0.0134. The van der Waals surface area contributed by atoms with Crippen LogP contribution in [0.15, 0.2) is 71.3 Å². The van der Waals surface area contributed by atoms with Crippen molar-refractivity contribution in [3.05, 3.63) is 94.9 Å². The third-order valence-corrected chi connectivity index (χ3v) is 5.35. The molecule has 0 radical (unpaired) electrons. The van der Waals surface area contributed by atoms with Crippen molar-refractivity contribution >= 4 is 5.97 Å². The van der Waals surface area contributed by atoms with Gasteiger partial charge in [0.15, 0.2) is 0 Å². The lowest BCUT2D eigenvalue weighted by molar-refractivity contribution is -0.145. The van der Waals surface area contributed by atoms with Crippen LogP contribution in [-0.4, -0.2) is 11.1 Å². The molecule has 3 aromatic rings. The second-order valence-electron chi connectivity index (χ2n) is 7.56. The Balaban J connectivity index is 1.91. The second kappa shape index (κ2) is 7.83. The van der Waals surface area contributed by atoms with Gasteiger partial charge in [0.05, 0.1) is 11.7 Å². The van der Waals surface area contributed by atoms with E-state index in [4.69, 9.17) is 4.42 Å². The summed E-state index contributed by atoms with van der Waals surface area (Å²) >= 11 is 0. The van der Waals surface area contributed by atoms with E-state index in [0.29, 0.717) is 12.8 Å². The Kier molecular flexibility index (Phi) is 5.50. The highest BCUT2D eigenvalue weighted by atomic mass is 16.4. The lowest BCUT2D eigenvalue weighted by Gasteiger charge is -2.34. The predicted molar refractivity (Wildman–Crippen MR) is 107 cm³/mol. The van der Waals surface area contributed by atoms with Crippen LogP contribution >= 0.6 is 0 Å². The van der Waals surface area contributed by atoms with Crippen LogP contribution in [0.5, 0.6) is 0 Å². The minimum Gasteiger partial charge on any atom is -0.481 e. The van der Waals surface area contributed by atoms with Gasteiger partial charge in [-0.15, -0.1) is 0 Å². The van der Waals surface area contributed by atoms with Gasteiger partial charge in [-0.3, -0.25) is 4.79 Å². The largest absolute Gasteiger partial charge is 0.481 e. The Morgan fingerprint density at radius 1 is 1.04 bits per heavy atom. The fourth-order valence-electron chi connectivity index (χ4n) is 3.67. The first kappa shape index (κ1) is 19.0. The minimum atomic E-state index is -0.985. The van der Waals surface area contributed by atoms with Crippen molar-refractivity contribution in [2.75, 3.05) is 0 Å². The van der Waals surface area contributed by atoms with Crippen molar-refractivity contribution in [3.63, 3.8) is 0 Å². The van der Waals surface area contributed by atoms with Crippen LogP contribution in [0.1, 0.15) is 41.9 Å². The molecule has 0 saturated heterocycles. The molecule has 0 aliphatic heterocycles. The summed E-state index contributed by atoms with van der Waals surface area (Å²) in [6.45, 7) is 5.95. The first-order chi connectivity index (χ1) is 12.9. The van der Waals surface area contributed by atoms with Gasteiger partial charge in [-0.1, -0.05) is 74.0 Å². The van der Waals surface area contributed by atoms with E-state index in [1.54, 1.807) is 6.26 Å². The molecule has 1 heterocycles. The van der Waals surface area contributed by atoms with E-state index in [1.165, 1.54) is 5.56 Å². The van der Waals surface area contributed by atoms with Crippen molar-refractivity contribution in [1.82, 2.24) is 0 Å². The molecule has 3 heteroatoms. The molecule has 0 spiro atoms. The SMILES string of the molecule is Cc1ccc(C(Cc2coc(Cc3ccccc3)c2)(C(=O)O)C(C)C)cc1. The van der Waals surface area contributed by atoms with Gasteiger partial charge in [-0.05, 0) is 42.0 Å². The van der Waals surface area contributed by atoms with Gasteiger partial charge in [-0.25, -0.2) is 0 Å². The van der Waals surface area contributed by atoms with E-state index in [-0.39, 0.29) is 5.92 Å². The molecule has 1 atom stereocenters. The number of furan rings is 1. The maximum Gasteiger partial charge on any atom is 0.314 e. The molecular weight excluding hydrogens is 336 g/mol. The fourth-order valence-corrected chi connectivity index (χ4v) is 3.67. The van der Waals surface area contributed by atoms with E-state index in [1.807, 2.05) is 69.3 Å². The summed E-state index contributed by atoms with van der Waals surface area (Å²) in [6.07, 6.45) is 2.81. The third kappa shape index (κ3) is 3.97. The molecule has 1 aromatic heterocycles. The number of benzene rings is 2. The van der Waals surface area contributed by atoms with Crippen LogP contribution in [-0.2, 0) is 23.1 Å². The van der Waals surface area contributed by atoms with Gasteiger partial charge in [-0.2, -0.15) is 0 Å². The average Bonchev–Trinajstić information content (AvgIpc) is 3.07. The van der Waals surface area contributed by atoms with Gasteiger partial charge in [0.1, 0.15) is 5.76 Å². The van der Waals surface area contributed by atoms with Crippen LogP contribution in [0.2, 0.25) is 0 Å². The van der Waals surface area contributed by atoms with E-state index < -0.39 is 11.4 Å². The fraction of sp³-hybridized carbons (Fsp3) is 0.292. The summed E-state index contributed by atoms with van der Waals surface area (Å²) < 4.78 is 5.74. The minimum absolute atomic E-state index is 0.0646. The zero-order chi connectivity index (χ0) is 19.4. The quantitative estimate of drug-likeness (QED) is 0.612. The van der Waals surface area contributed by atoms with Crippen LogP contribution in [0.4, 0.5) is 0 Å². The van der Waals surface area contributed by atoms with Crippen molar-refractivity contribution in [2.24, 2.45) is 5.92 Å².